The summed E-state index contributed by atoms with van der Waals surface area (Å²) in [5, 5.41) is 0. The molecule has 0 saturated heterocycles. The smallest absolute Gasteiger partial charge is 0.123 e. The number of benzene rings is 1. The van der Waals surface area contributed by atoms with E-state index in [-0.39, 0.29) is 0 Å². The monoisotopic (exact) mass is 286 g/mol. The third-order valence-corrected chi connectivity index (χ3v) is 3.35. The van der Waals surface area contributed by atoms with E-state index in [2.05, 4.69) is 6.58 Å². The van der Waals surface area contributed by atoms with E-state index in [4.69, 9.17) is 9.78 Å². The van der Waals surface area contributed by atoms with Gasteiger partial charge in [0.2, 0.25) is 0 Å². The molecule has 2 nitrogen and oxygen atoms in total. The average molecular weight is 286 g/mol. The molecule has 0 N–H and O–H groups in total. The molecule has 0 aromatic heterocycles. The summed E-state index contributed by atoms with van der Waals surface area (Å²) in [5.74, 6) is 0. The summed E-state index contributed by atoms with van der Waals surface area (Å²) in [5.41, 5.74) is 1.05. The van der Waals surface area contributed by atoms with E-state index >= 15 is 0 Å². The molecule has 0 aliphatic carbocycles. The van der Waals surface area contributed by atoms with Gasteiger partial charge in [0.25, 0.3) is 0 Å². The molecule has 1 aromatic rings. The van der Waals surface area contributed by atoms with Gasteiger partial charge in [-0.1, -0.05) is 61.2 Å². The Balaban J connectivity index is 2.81. The van der Waals surface area contributed by atoms with Crippen molar-refractivity contribution in [2.24, 2.45) is 0 Å². The second-order valence-corrected chi connectivity index (χ2v) is 5.89. The van der Waals surface area contributed by atoms with Crippen LogP contribution in [-0.2, 0) is 15.4 Å². The normalized spacial score (nSPS) is 13.7. The molecular weight excluding hydrogens is 260 g/mol. The second kappa shape index (κ2) is 7.39. The Morgan fingerprint density at radius 1 is 1.05 bits per heavy atom. The Morgan fingerprint density at radius 3 is 2.19 bits per heavy atom. The number of hydrogen-bond acceptors (Lipinski definition) is 2. The van der Waals surface area contributed by atoms with Gasteiger partial charge in [0, 0.05) is 0 Å². The highest BCUT2D eigenvalue weighted by atomic mass is 17.2. The molecule has 0 atom stereocenters. The summed E-state index contributed by atoms with van der Waals surface area (Å²) in [6.07, 6.45) is 7.63. The van der Waals surface area contributed by atoms with Crippen LogP contribution in [0.2, 0.25) is 0 Å². The van der Waals surface area contributed by atoms with Gasteiger partial charge in [-0.15, -0.1) is 0 Å². The van der Waals surface area contributed by atoms with Crippen LogP contribution in [0.4, 0.5) is 0 Å². The van der Waals surface area contributed by atoms with Crippen molar-refractivity contribution in [1.82, 2.24) is 0 Å². The molecule has 0 saturated carbocycles. The Bertz CT molecular complexity index is 508. The fourth-order valence-electron chi connectivity index (χ4n) is 1.96. The predicted octanol–water partition coefficient (Wildman–Crippen LogP) is 5.34. The summed E-state index contributed by atoms with van der Waals surface area (Å²) >= 11 is 0. The molecule has 0 heterocycles. The van der Waals surface area contributed by atoms with E-state index in [1.165, 1.54) is 0 Å². The van der Waals surface area contributed by atoms with E-state index < -0.39 is 11.2 Å². The summed E-state index contributed by atoms with van der Waals surface area (Å²) in [6, 6.07) is 10.0. The zero-order chi connectivity index (χ0) is 15.9. The molecular formula is C19H26O2. The molecule has 0 aliphatic heterocycles. The van der Waals surface area contributed by atoms with Gasteiger partial charge in [0.1, 0.15) is 11.2 Å². The van der Waals surface area contributed by atoms with Gasteiger partial charge in [-0.05, 0) is 45.8 Å². The van der Waals surface area contributed by atoms with Crippen molar-refractivity contribution in [3.05, 3.63) is 72.4 Å². The minimum atomic E-state index is -0.541. The Hall–Kier alpha value is -1.64. The molecule has 0 unspecified atom stereocenters. The lowest BCUT2D eigenvalue weighted by molar-refractivity contribution is -0.396. The van der Waals surface area contributed by atoms with Crippen LogP contribution in [-0.4, -0.2) is 5.60 Å². The van der Waals surface area contributed by atoms with Crippen molar-refractivity contribution in [2.45, 2.75) is 45.8 Å². The maximum atomic E-state index is 5.74. The van der Waals surface area contributed by atoms with E-state index in [0.29, 0.717) is 0 Å². The quantitative estimate of drug-likeness (QED) is 0.383. The lowest BCUT2D eigenvalue weighted by atomic mass is 9.97. The first-order valence-electron chi connectivity index (χ1n) is 7.22. The first-order chi connectivity index (χ1) is 9.83. The maximum Gasteiger partial charge on any atom is 0.123 e. The molecule has 0 fully saturated rings. The van der Waals surface area contributed by atoms with Crippen molar-refractivity contribution in [3.63, 3.8) is 0 Å². The van der Waals surface area contributed by atoms with Crippen molar-refractivity contribution < 1.29 is 9.78 Å². The van der Waals surface area contributed by atoms with Gasteiger partial charge in [-0.25, -0.2) is 9.78 Å². The molecule has 0 amide bonds. The Kier molecular flexibility index (Phi) is 6.13. The third-order valence-electron chi connectivity index (χ3n) is 3.35. The number of rotatable bonds is 7. The molecule has 1 rings (SSSR count). The van der Waals surface area contributed by atoms with Gasteiger partial charge in [-0.2, -0.15) is 0 Å². The topological polar surface area (TPSA) is 18.5 Å². The van der Waals surface area contributed by atoms with Crippen LogP contribution >= 0.6 is 0 Å². The standard InChI is InChI=1S/C19H26O2/c1-7-9-13-16(8-2)18(3,4)20-21-19(5,6)17-14-11-10-12-15-17/h7-15H,1H2,2-6H3/b13-9-,16-8+. The zero-order valence-electron chi connectivity index (χ0n) is 13.7. The molecule has 0 bridgehead atoms. The highest BCUT2D eigenvalue weighted by Crippen LogP contribution is 2.30. The largest absolute Gasteiger partial charge is 0.225 e. The summed E-state index contributed by atoms with van der Waals surface area (Å²) in [4.78, 5) is 11.5. The minimum Gasteiger partial charge on any atom is -0.225 e. The van der Waals surface area contributed by atoms with Gasteiger partial charge >= 0.3 is 0 Å². The van der Waals surface area contributed by atoms with Crippen LogP contribution in [0.5, 0.6) is 0 Å². The molecule has 0 aliphatic rings. The van der Waals surface area contributed by atoms with Crippen LogP contribution in [0, 0.1) is 0 Å². The van der Waals surface area contributed by atoms with Crippen LogP contribution < -0.4 is 0 Å². The summed E-state index contributed by atoms with van der Waals surface area (Å²) in [7, 11) is 0. The van der Waals surface area contributed by atoms with Crippen molar-refractivity contribution in [2.75, 3.05) is 0 Å². The number of allylic oxidation sites excluding steroid dienone is 3. The molecule has 0 spiro atoms. The van der Waals surface area contributed by atoms with Crippen LogP contribution in [0.1, 0.15) is 40.2 Å². The summed E-state index contributed by atoms with van der Waals surface area (Å²) < 4.78 is 0. The second-order valence-electron chi connectivity index (χ2n) is 5.89. The van der Waals surface area contributed by atoms with Gasteiger partial charge < -0.3 is 0 Å². The zero-order valence-corrected chi connectivity index (χ0v) is 13.7. The van der Waals surface area contributed by atoms with Crippen molar-refractivity contribution in [3.8, 4) is 0 Å². The van der Waals surface area contributed by atoms with E-state index in [1.807, 2.05) is 83.2 Å². The van der Waals surface area contributed by atoms with E-state index in [0.717, 1.165) is 11.1 Å². The Morgan fingerprint density at radius 2 is 1.67 bits per heavy atom. The first kappa shape index (κ1) is 17.4. The van der Waals surface area contributed by atoms with Gasteiger partial charge in [0.05, 0.1) is 0 Å². The SMILES string of the molecule is C=C/C=C\C(=C/C)C(C)(C)OOC(C)(C)c1ccccc1. The van der Waals surface area contributed by atoms with Crippen LogP contribution in [0.15, 0.2) is 66.8 Å². The minimum absolute atomic E-state index is 0.514. The molecule has 1 aromatic carbocycles. The average Bonchev–Trinajstić information content (AvgIpc) is 2.47. The highest BCUT2D eigenvalue weighted by molar-refractivity contribution is 5.28. The fraction of sp³-hybridized carbons (Fsp3) is 0.368. The highest BCUT2D eigenvalue weighted by Gasteiger charge is 2.29. The third kappa shape index (κ3) is 5.00. The Labute approximate surface area is 128 Å². The van der Waals surface area contributed by atoms with Crippen molar-refractivity contribution in [1.29, 1.82) is 0 Å². The van der Waals surface area contributed by atoms with E-state index in [9.17, 15) is 0 Å². The van der Waals surface area contributed by atoms with Gasteiger partial charge in [-0.3, -0.25) is 0 Å². The molecule has 2 heteroatoms. The lowest BCUT2D eigenvalue weighted by Crippen LogP contribution is -2.32. The summed E-state index contributed by atoms with van der Waals surface area (Å²) in [6.45, 7) is 13.6. The first-order valence-corrected chi connectivity index (χ1v) is 7.22. The molecule has 21 heavy (non-hydrogen) atoms. The fourth-order valence-corrected chi connectivity index (χ4v) is 1.96. The van der Waals surface area contributed by atoms with Crippen molar-refractivity contribution >= 4 is 0 Å². The molecule has 0 radical (unpaired) electrons. The van der Waals surface area contributed by atoms with Crippen LogP contribution in [0.25, 0.3) is 0 Å². The van der Waals surface area contributed by atoms with Gasteiger partial charge in [0.15, 0.2) is 0 Å². The maximum absolute atomic E-state index is 5.74. The van der Waals surface area contributed by atoms with Crippen LogP contribution in [0.3, 0.4) is 0 Å². The lowest BCUT2D eigenvalue weighted by Gasteiger charge is -2.31. The predicted molar refractivity (Wildman–Crippen MR) is 88.8 cm³/mol. The molecule has 114 valence electrons. The number of hydrogen-bond donors (Lipinski definition) is 0. The van der Waals surface area contributed by atoms with E-state index in [1.54, 1.807) is 6.08 Å².